The van der Waals surface area contributed by atoms with E-state index in [1.54, 1.807) is 13.8 Å². The molecule has 12 heteroatoms. The highest BCUT2D eigenvalue weighted by molar-refractivity contribution is 7.52. The van der Waals surface area contributed by atoms with Gasteiger partial charge in [0.15, 0.2) is 24.2 Å². The van der Waals surface area contributed by atoms with Gasteiger partial charge in [-0.05, 0) is 0 Å². The van der Waals surface area contributed by atoms with Crippen LogP contribution in [0.2, 0.25) is 0 Å². The molecule has 10 nitrogen and oxygen atoms in total. The van der Waals surface area contributed by atoms with Gasteiger partial charge in [-0.1, -0.05) is 13.8 Å². The average Bonchev–Trinajstić information content (AvgIpc) is 3.15. The molecule has 0 spiro atoms. The summed E-state index contributed by atoms with van der Waals surface area (Å²) >= 11 is 0. The lowest BCUT2D eigenvalue weighted by atomic mass is 9.95. The van der Waals surface area contributed by atoms with Crippen molar-refractivity contribution < 1.29 is 38.2 Å². The van der Waals surface area contributed by atoms with E-state index in [9.17, 15) is 33.4 Å². The van der Waals surface area contributed by atoms with Crippen molar-refractivity contribution in [3.63, 3.8) is 0 Å². The van der Waals surface area contributed by atoms with Crippen molar-refractivity contribution in [1.29, 1.82) is 0 Å². The first kappa shape index (κ1) is 21.2. The molecule has 156 valence electrons. The minimum atomic E-state index is -4.94. The molecule has 3 heterocycles. The van der Waals surface area contributed by atoms with Crippen LogP contribution in [0.1, 0.15) is 26.7 Å². The van der Waals surface area contributed by atoms with Crippen LogP contribution in [0.15, 0.2) is 9.98 Å². The van der Waals surface area contributed by atoms with E-state index < -0.39 is 50.6 Å². The second-order valence-corrected chi connectivity index (χ2v) is 9.25. The molecule has 0 aliphatic carbocycles. The third kappa shape index (κ3) is 3.81. The Labute approximate surface area is 160 Å². The Balaban J connectivity index is 1.90. The van der Waals surface area contributed by atoms with Crippen molar-refractivity contribution in [2.24, 2.45) is 15.9 Å². The van der Waals surface area contributed by atoms with Crippen LogP contribution < -0.4 is 0 Å². The van der Waals surface area contributed by atoms with E-state index in [4.69, 9.17) is 4.74 Å². The summed E-state index contributed by atoms with van der Waals surface area (Å²) in [4.78, 5) is 53.3. The first-order valence-electron chi connectivity index (χ1n) is 8.92. The largest absolute Gasteiger partial charge is 0.394 e. The molecule has 0 aromatic rings. The van der Waals surface area contributed by atoms with Crippen LogP contribution in [0.3, 0.4) is 0 Å². The minimum absolute atomic E-state index is 0.0150. The zero-order valence-electron chi connectivity index (χ0n) is 15.4. The molecule has 0 aromatic carbocycles. The summed E-state index contributed by atoms with van der Waals surface area (Å²) in [6, 6.07) is -0.912. The normalized spacial score (nSPS) is 35.5. The van der Waals surface area contributed by atoms with Gasteiger partial charge in [0.25, 0.3) is 0 Å². The van der Waals surface area contributed by atoms with Crippen LogP contribution in [0.5, 0.6) is 0 Å². The van der Waals surface area contributed by atoms with E-state index in [0.29, 0.717) is 5.71 Å². The van der Waals surface area contributed by atoms with Gasteiger partial charge < -0.3 is 24.5 Å². The third-order valence-corrected chi connectivity index (χ3v) is 6.46. The molecule has 3 aliphatic rings. The molecule has 1 saturated heterocycles. The molecule has 3 aliphatic heterocycles. The number of fused-ring (bicyclic) bond motifs is 1. The number of Topliss-reactive ketones (excluding diaryl/α,β-unsaturated/α-hetero) is 2. The fourth-order valence-corrected chi connectivity index (χ4v) is 4.69. The molecule has 3 rings (SSSR count). The summed E-state index contributed by atoms with van der Waals surface area (Å²) in [6.07, 6.45) is -4.83. The number of ketones is 2. The average molecular weight is 419 g/mol. The second-order valence-electron chi connectivity index (χ2n) is 7.48. The van der Waals surface area contributed by atoms with Crippen molar-refractivity contribution in [3.8, 4) is 0 Å². The summed E-state index contributed by atoms with van der Waals surface area (Å²) < 4.78 is 31.7. The van der Waals surface area contributed by atoms with Gasteiger partial charge in [-0.2, -0.15) is 0 Å². The lowest BCUT2D eigenvalue weighted by Crippen LogP contribution is -2.51. The first-order chi connectivity index (χ1) is 13.0. The molecule has 0 bridgehead atoms. The van der Waals surface area contributed by atoms with Crippen LogP contribution in [-0.2, 0) is 18.9 Å². The predicted octanol–water partition coefficient (Wildman–Crippen LogP) is -0.344. The van der Waals surface area contributed by atoms with E-state index >= 15 is 0 Å². The molecule has 0 amide bonds. The Bertz CT molecular complexity index is 767. The fourth-order valence-electron chi connectivity index (χ4n) is 3.57. The van der Waals surface area contributed by atoms with Crippen molar-refractivity contribution in [2.75, 3.05) is 6.61 Å². The maximum absolute atomic E-state index is 14.5. The molecule has 3 N–H and O–H groups in total. The second kappa shape index (κ2) is 7.72. The van der Waals surface area contributed by atoms with E-state index in [1.165, 1.54) is 11.2 Å². The van der Waals surface area contributed by atoms with Crippen LogP contribution in [0, 0.1) is 5.92 Å². The molecular formula is C16H23FN3O7P. The number of halogens is 1. The van der Waals surface area contributed by atoms with Crippen molar-refractivity contribution >= 4 is 31.2 Å². The number of carbonyl (C=O) groups excluding carboxylic acids is 2. The number of aliphatic hydroxyl groups excluding tert-OH is 1. The summed E-state index contributed by atoms with van der Waals surface area (Å²) in [6.45, 7) is 2.70. The Hall–Kier alpha value is -1.52. The highest BCUT2D eigenvalue weighted by atomic mass is 31.2. The lowest BCUT2D eigenvalue weighted by Gasteiger charge is -2.34. The van der Waals surface area contributed by atoms with Gasteiger partial charge in [-0.3, -0.25) is 24.1 Å². The van der Waals surface area contributed by atoms with E-state index in [0.717, 1.165) is 0 Å². The van der Waals surface area contributed by atoms with Gasteiger partial charge in [0, 0.05) is 24.5 Å². The molecule has 0 saturated carbocycles. The van der Waals surface area contributed by atoms with Crippen molar-refractivity contribution in [1.82, 2.24) is 4.90 Å². The molecule has 6 atom stereocenters. The van der Waals surface area contributed by atoms with E-state index in [2.05, 4.69) is 9.98 Å². The molecule has 28 heavy (non-hydrogen) atoms. The summed E-state index contributed by atoms with van der Waals surface area (Å²) in [5, 5.41) is 9.26. The zero-order valence-corrected chi connectivity index (χ0v) is 16.3. The number of nitrogens with zero attached hydrogens (tertiary/aromatic N) is 3. The number of carbonyl (C=O) groups is 2. The number of alkyl halides is 1. The fraction of sp³-hybridized carbons (Fsp3) is 0.750. The van der Waals surface area contributed by atoms with Gasteiger partial charge in [-0.25, -0.2) is 4.39 Å². The molecule has 0 aromatic heterocycles. The Morgan fingerprint density at radius 1 is 1.46 bits per heavy atom. The van der Waals surface area contributed by atoms with Crippen molar-refractivity contribution in [2.45, 2.75) is 63.1 Å². The van der Waals surface area contributed by atoms with E-state index in [-0.39, 0.29) is 30.3 Å². The highest BCUT2D eigenvalue weighted by Gasteiger charge is 2.58. The minimum Gasteiger partial charge on any atom is -0.394 e. The van der Waals surface area contributed by atoms with Crippen LogP contribution in [-0.4, -0.2) is 86.4 Å². The van der Waals surface area contributed by atoms with Gasteiger partial charge >= 0.3 is 7.60 Å². The highest BCUT2D eigenvalue weighted by Crippen LogP contribution is 2.52. The predicted molar refractivity (Wildman–Crippen MR) is 95.9 cm³/mol. The quantitative estimate of drug-likeness (QED) is 0.495. The number of ether oxygens (including phenoxy) is 1. The molecule has 0 radical (unpaired) electrons. The maximum Gasteiger partial charge on any atom is 0.336 e. The van der Waals surface area contributed by atoms with Crippen LogP contribution >= 0.6 is 7.60 Å². The summed E-state index contributed by atoms with van der Waals surface area (Å²) in [7, 11) is -4.94. The Morgan fingerprint density at radius 3 is 2.71 bits per heavy atom. The summed E-state index contributed by atoms with van der Waals surface area (Å²) in [5.74, 6) is -0.613. The Morgan fingerprint density at radius 2 is 2.14 bits per heavy atom. The standard InChI is InChI=1S/C16H23FN3O7P/c1-7(2)9(22)3-8-4-10(23)13-15(19-8)20(6-18-13)16-14(28(24,25)26)12(17)11(5-21)27-16/h6-7,11-16,21H,3-5H2,1-2H3,(H2,24,25,26)/t11-,12-,13?,14-,15?,16-/m1/s1. The monoisotopic (exact) mass is 419 g/mol. The third-order valence-electron chi connectivity index (χ3n) is 5.14. The maximum atomic E-state index is 14.5. The van der Waals surface area contributed by atoms with Gasteiger partial charge in [0.2, 0.25) is 0 Å². The number of hydrogen-bond donors (Lipinski definition) is 3. The molecule has 2 unspecified atom stereocenters. The lowest BCUT2D eigenvalue weighted by molar-refractivity contribution is -0.121. The van der Waals surface area contributed by atoms with Gasteiger partial charge in [0.05, 0.1) is 12.9 Å². The molecule has 1 fully saturated rings. The SMILES string of the molecule is CC(C)C(=O)CC1=NC2C(N=CN2[C@@H]2O[C@H](CO)[C@@H](F)[C@H]2P(=O)(O)O)C(=O)C1. The smallest absolute Gasteiger partial charge is 0.336 e. The van der Waals surface area contributed by atoms with Crippen LogP contribution in [0.25, 0.3) is 0 Å². The van der Waals surface area contributed by atoms with E-state index in [1.807, 2.05) is 0 Å². The summed E-state index contributed by atoms with van der Waals surface area (Å²) in [5.41, 5.74) is -1.51. The van der Waals surface area contributed by atoms with Gasteiger partial charge in [-0.15, -0.1) is 0 Å². The van der Waals surface area contributed by atoms with Gasteiger partial charge in [0.1, 0.15) is 23.7 Å². The molecular weight excluding hydrogens is 396 g/mol. The number of rotatable bonds is 6. The zero-order chi connectivity index (χ0) is 20.8. The first-order valence-corrected chi connectivity index (χ1v) is 10.6. The number of hydrogen-bond acceptors (Lipinski definition) is 8. The topological polar surface area (TPSA) is 149 Å². The number of aliphatic imine (C=N–C) groups is 2. The Kier molecular flexibility index (Phi) is 5.84. The van der Waals surface area contributed by atoms with Crippen molar-refractivity contribution in [3.05, 3.63) is 0 Å². The number of aliphatic hydroxyl groups is 1. The van der Waals surface area contributed by atoms with Crippen LogP contribution in [0.4, 0.5) is 4.39 Å².